The molecule has 0 radical (unpaired) electrons. The van der Waals surface area contributed by atoms with Gasteiger partial charge in [0, 0.05) is 44.0 Å². The number of nitrogens with one attached hydrogen (secondary N) is 1. The predicted molar refractivity (Wildman–Crippen MR) is 155 cm³/mol. The van der Waals surface area contributed by atoms with Gasteiger partial charge in [-0.2, -0.15) is 0 Å². The standard InChI is InChI=1S/C33H40N4O/c1-24-30(35-32(34-24)27-16-11-17-28(22-27)33(2,3)4)29(38)23-36-18-20-37(21-19-36)31(25-12-7-5-8-13-25)26-14-9-6-10-15-26/h5-17,22,29,31,38H,18-21,23H2,1-4H3,(H,34,35). The summed E-state index contributed by atoms with van der Waals surface area (Å²) in [4.78, 5) is 13.2. The maximum absolute atomic E-state index is 11.2. The van der Waals surface area contributed by atoms with E-state index in [4.69, 9.17) is 4.98 Å². The lowest BCUT2D eigenvalue weighted by Gasteiger charge is -2.40. The Balaban J connectivity index is 1.25. The van der Waals surface area contributed by atoms with Crippen LogP contribution in [0.4, 0.5) is 0 Å². The molecule has 5 heteroatoms. The van der Waals surface area contributed by atoms with Gasteiger partial charge in [0.1, 0.15) is 11.9 Å². The van der Waals surface area contributed by atoms with Crippen molar-refractivity contribution >= 4 is 0 Å². The number of hydrogen-bond donors (Lipinski definition) is 2. The van der Waals surface area contributed by atoms with Crippen molar-refractivity contribution in [1.82, 2.24) is 19.8 Å². The van der Waals surface area contributed by atoms with E-state index < -0.39 is 6.10 Å². The minimum Gasteiger partial charge on any atom is -0.385 e. The quantitative estimate of drug-likeness (QED) is 0.316. The fourth-order valence-electron chi connectivity index (χ4n) is 5.49. The summed E-state index contributed by atoms with van der Waals surface area (Å²) >= 11 is 0. The second kappa shape index (κ2) is 11.2. The van der Waals surface area contributed by atoms with Crippen LogP contribution >= 0.6 is 0 Å². The molecule has 1 saturated heterocycles. The van der Waals surface area contributed by atoms with Crippen molar-refractivity contribution in [3.05, 3.63) is 113 Å². The summed E-state index contributed by atoms with van der Waals surface area (Å²) in [7, 11) is 0. The van der Waals surface area contributed by atoms with Gasteiger partial charge in [0.15, 0.2) is 0 Å². The number of imidazole rings is 1. The number of β-amino-alcohol motifs (C(OH)–C–C–N with tert-alkyl or cyclic N) is 1. The lowest BCUT2D eigenvalue weighted by molar-refractivity contribution is 0.0606. The first kappa shape index (κ1) is 26.4. The number of aromatic amines is 1. The number of piperazine rings is 1. The van der Waals surface area contributed by atoms with E-state index in [1.807, 2.05) is 6.92 Å². The van der Waals surface area contributed by atoms with Crippen LogP contribution in [0.1, 0.15) is 61.0 Å². The number of rotatable bonds is 7. The Kier molecular flexibility index (Phi) is 7.80. The van der Waals surface area contributed by atoms with Gasteiger partial charge in [-0.15, -0.1) is 0 Å². The van der Waals surface area contributed by atoms with Crippen molar-refractivity contribution in [3.63, 3.8) is 0 Å². The Labute approximate surface area is 227 Å². The molecular weight excluding hydrogens is 468 g/mol. The summed E-state index contributed by atoms with van der Waals surface area (Å²) in [6, 6.07) is 30.3. The monoisotopic (exact) mass is 508 g/mol. The molecule has 0 aliphatic carbocycles. The molecule has 0 amide bonds. The molecule has 0 saturated carbocycles. The molecule has 1 fully saturated rings. The Morgan fingerprint density at radius 3 is 2.03 bits per heavy atom. The number of H-pyrrole nitrogens is 1. The highest BCUT2D eigenvalue weighted by Gasteiger charge is 2.28. The number of aryl methyl sites for hydroxylation is 1. The van der Waals surface area contributed by atoms with Crippen LogP contribution in [-0.2, 0) is 5.41 Å². The number of nitrogens with zero attached hydrogens (tertiary/aromatic N) is 3. The van der Waals surface area contributed by atoms with Gasteiger partial charge in [-0.05, 0) is 35.1 Å². The molecule has 0 spiro atoms. The highest BCUT2D eigenvalue weighted by atomic mass is 16.3. The average Bonchev–Trinajstić information content (AvgIpc) is 3.32. The maximum atomic E-state index is 11.2. The fourth-order valence-corrected chi connectivity index (χ4v) is 5.49. The second-order valence-electron chi connectivity index (χ2n) is 11.5. The molecule has 1 aliphatic rings. The van der Waals surface area contributed by atoms with Gasteiger partial charge in [-0.3, -0.25) is 9.80 Å². The number of benzene rings is 3. The number of aromatic nitrogens is 2. The zero-order valence-corrected chi connectivity index (χ0v) is 23.1. The van der Waals surface area contributed by atoms with Crippen LogP contribution in [0.3, 0.4) is 0 Å². The van der Waals surface area contributed by atoms with E-state index in [9.17, 15) is 5.11 Å². The summed E-state index contributed by atoms with van der Waals surface area (Å²) in [5.41, 5.74) is 6.72. The van der Waals surface area contributed by atoms with Gasteiger partial charge < -0.3 is 10.1 Å². The summed E-state index contributed by atoms with van der Waals surface area (Å²) in [5, 5.41) is 11.2. The molecule has 1 aliphatic heterocycles. The zero-order chi connectivity index (χ0) is 26.7. The Bertz CT molecular complexity index is 1280. The Morgan fingerprint density at radius 1 is 0.842 bits per heavy atom. The topological polar surface area (TPSA) is 55.4 Å². The average molecular weight is 509 g/mol. The van der Waals surface area contributed by atoms with Crippen LogP contribution in [0.5, 0.6) is 0 Å². The Morgan fingerprint density at radius 2 is 1.45 bits per heavy atom. The minimum atomic E-state index is -0.628. The SMILES string of the molecule is Cc1[nH]c(-c2cccc(C(C)(C)C)c2)nc1C(O)CN1CCN(C(c2ccccc2)c2ccccc2)CC1. The lowest BCUT2D eigenvalue weighted by Crippen LogP contribution is -2.48. The smallest absolute Gasteiger partial charge is 0.137 e. The van der Waals surface area contributed by atoms with E-state index in [1.165, 1.54) is 16.7 Å². The molecular formula is C33H40N4O. The molecule has 5 nitrogen and oxygen atoms in total. The third-order valence-corrected chi connectivity index (χ3v) is 7.67. The van der Waals surface area contributed by atoms with Crippen LogP contribution in [0.15, 0.2) is 84.9 Å². The number of aliphatic hydroxyl groups excluding tert-OH is 1. The molecule has 5 rings (SSSR count). The van der Waals surface area contributed by atoms with Gasteiger partial charge in [0.2, 0.25) is 0 Å². The molecule has 198 valence electrons. The van der Waals surface area contributed by atoms with E-state index in [-0.39, 0.29) is 11.5 Å². The molecule has 38 heavy (non-hydrogen) atoms. The zero-order valence-electron chi connectivity index (χ0n) is 23.1. The first-order chi connectivity index (χ1) is 18.3. The number of aliphatic hydroxyl groups is 1. The van der Waals surface area contributed by atoms with E-state index >= 15 is 0 Å². The van der Waals surface area contributed by atoms with Crippen molar-refractivity contribution in [1.29, 1.82) is 0 Å². The van der Waals surface area contributed by atoms with E-state index in [0.717, 1.165) is 49.0 Å². The largest absolute Gasteiger partial charge is 0.385 e. The van der Waals surface area contributed by atoms with E-state index in [0.29, 0.717) is 6.54 Å². The molecule has 0 bridgehead atoms. The van der Waals surface area contributed by atoms with Gasteiger partial charge in [-0.1, -0.05) is 99.6 Å². The highest BCUT2D eigenvalue weighted by Crippen LogP contribution is 2.31. The first-order valence-corrected chi connectivity index (χ1v) is 13.7. The lowest BCUT2D eigenvalue weighted by atomic mass is 9.86. The minimum absolute atomic E-state index is 0.0716. The molecule has 4 aromatic rings. The number of hydrogen-bond acceptors (Lipinski definition) is 4. The van der Waals surface area contributed by atoms with Crippen molar-refractivity contribution in [3.8, 4) is 11.4 Å². The van der Waals surface area contributed by atoms with E-state index in [1.54, 1.807) is 0 Å². The third kappa shape index (κ3) is 5.91. The predicted octanol–water partition coefficient (Wildman–Crippen LogP) is 6.12. The molecule has 1 unspecified atom stereocenters. The van der Waals surface area contributed by atoms with Crippen LogP contribution < -0.4 is 0 Å². The van der Waals surface area contributed by atoms with Crippen LogP contribution in [0.2, 0.25) is 0 Å². The van der Waals surface area contributed by atoms with E-state index in [2.05, 4.69) is 120 Å². The summed E-state index contributed by atoms with van der Waals surface area (Å²) in [6.07, 6.45) is -0.628. The van der Waals surface area contributed by atoms with Crippen molar-refractivity contribution in [2.45, 2.75) is 45.3 Å². The third-order valence-electron chi connectivity index (χ3n) is 7.67. The molecule has 2 heterocycles. The summed E-state index contributed by atoms with van der Waals surface area (Å²) in [5.74, 6) is 0.820. The normalized spacial score (nSPS) is 16.2. The van der Waals surface area contributed by atoms with Crippen molar-refractivity contribution in [2.24, 2.45) is 0 Å². The second-order valence-corrected chi connectivity index (χ2v) is 11.5. The van der Waals surface area contributed by atoms with Crippen LogP contribution in [0, 0.1) is 6.92 Å². The van der Waals surface area contributed by atoms with Gasteiger partial charge >= 0.3 is 0 Å². The molecule has 1 atom stereocenters. The van der Waals surface area contributed by atoms with Gasteiger partial charge in [-0.25, -0.2) is 4.98 Å². The first-order valence-electron chi connectivity index (χ1n) is 13.7. The summed E-state index contributed by atoms with van der Waals surface area (Å²) in [6.45, 7) is 13.0. The van der Waals surface area contributed by atoms with Crippen LogP contribution in [-0.4, -0.2) is 57.6 Å². The molecule has 2 N–H and O–H groups in total. The van der Waals surface area contributed by atoms with Crippen LogP contribution in [0.25, 0.3) is 11.4 Å². The highest BCUT2D eigenvalue weighted by molar-refractivity contribution is 5.58. The Hall–Kier alpha value is -3.25. The summed E-state index contributed by atoms with van der Waals surface area (Å²) < 4.78 is 0. The maximum Gasteiger partial charge on any atom is 0.137 e. The molecule has 1 aromatic heterocycles. The molecule has 3 aromatic carbocycles. The van der Waals surface area contributed by atoms with Crippen molar-refractivity contribution < 1.29 is 5.11 Å². The van der Waals surface area contributed by atoms with Gasteiger partial charge in [0.05, 0.1) is 11.7 Å². The fraction of sp³-hybridized carbons (Fsp3) is 0.364. The van der Waals surface area contributed by atoms with Crippen molar-refractivity contribution in [2.75, 3.05) is 32.7 Å². The van der Waals surface area contributed by atoms with Gasteiger partial charge in [0.25, 0.3) is 0 Å².